The van der Waals surface area contributed by atoms with Crippen molar-refractivity contribution in [3.63, 3.8) is 0 Å². The molecular formula is C12H13BrClNO2S. The Kier molecular flexibility index (Phi) is 5.47. The molecule has 1 heterocycles. The van der Waals surface area contributed by atoms with Crippen molar-refractivity contribution < 1.29 is 9.84 Å². The van der Waals surface area contributed by atoms with E-state index in [2.05, 4.69) is 15.9 Å². The summed E-state index contributed by atoms with van der Waals surface area (Å²) in [5.74, 6) is 0.512. The normalized spacial score (nSPS) is 11.7. The first kappa shape index (κ1) is 15.3. The second-order valence-electron chi connectivity index (χ2n) is 3.51. The van der Waals surface area contributed by atoms with E-state index in [1.165, 1.54) is 7.11 Å². The van der Waals surface area contributed by atoms with Gasteiger partial charge in [-0.1, -0.05) is 22.0 Å². The molecule has 3 nitrogen and oxygen atoms in total. The summed E-state index contributed by atoms with van der Waals surface area (Å²) in [6.07, 6.45) is 0. The van der Waals surface area contributed by atoms with Gasteiger partial charge in [0.1, 0.15) is 0 Å². The lowest BCUT2D eigenvalue weighted by molar-refractivity contribution is 0.369. The van der Waals surface area contributed by atoms with Gasteiger partial charge < -0.3 is 15.6 Å². The molecule has 1 atom stereocenters. The van der Waals surface area contributed by atoms with Crippen LogP contribution in [0.4, 0.5) is 0 Å². The highest BCUT2D eigenvalue weighted by atomic mass is 79.9. The fraction of sp³-hybridized carbons (Fsp3) is 0.167. The van der Waals surface area contributed by atoms with E-state index < -0.39 is 0 Å². The summed E-state index contributed by atoms with van der Waals surface area (Å²) in [6, 6.07) is 7.04. The van der Waals surface area contributed by atoms with Gasteiger partial charge in [0, 0.05) is 14.9 Å². The van der Waals surface area contributed by atoms with Crippen molar-refractivity contribution in [2.24, 2.45) is 5.73 Å². The van der Waals surface area contributed by atoms with Gasteiger partial charge >= 0.3 is 0 Å². The Balaban J connectivity index is 0.00000162. The molecule has 3 N–H and O–H groups in total. The fourth-order valence-corrected chi connectivity index (χ4v) is 2.94. The molecule has 0 fully saturated rings. The van der Waals surface area contributed by atoms with Gasteiger partial charge in [0.25, 0.3) is 0 Å². The van der Waals surface area contributed by atoms with E-state index in [9.17, 15) is 5.11 Å². The molecule has 1 aromatic heterocycles. The largest absolute Gasteiger partial charge is 0.504 e. The van der Waals surface area contributed by atoms with Gasteiger partial charge in [-0.25, -0.2) is 0 Å². The minimum absolute atomic E-state index is 0. The summed E-state index contributed by atoms with van der Waals surface area (Å²) in [4.78, 5) is 0.995. The Morgan fingerprint density at radius 3 is 2.67 bits per heavy atom. The molecule has 0 saturated carbocycles. The van der Waals surface area contributed by atoms with Crippen LogP contribution in [0.1, 0.15) is 16.5 Å². The molecule has 0 bridgehead atoms. The summed E-state index contributed by atoms with van der Waals surface area (Å²) in [7, 11) is 1.52. The van der Waals surface area contributed by atoms with Crippen molar-refractivity contribution >= 4 is 39.7 Å². The van der Waals surface area contributed by atoms with E-state index in [1.807, 2.05) is 23.6 Å². The number of hydrogen-bond acceptors (Lipinski definition) is 4. The topological polar surface area (TPSA) is 55.5 Å². The number of benzene rings is 1. The molecule has 2 aromatic rings. The molecule has 0 aliphatic heterocycles. The molecule has 2 rings (SSSR count). The van der Waals surface area contributed by atoms with E-state index >= 15 is 0 Å². The zero-order chi connectivity index (χ0) is 12.4. The van der Waals surface area contributed by atoms with Crippen molar-refractivity contribution in [3.05, 3.63) is 44.6 Å². The number of methoxy groups -OCH3 is 1. The van der Waals surface area contributed by atoms with Gasteiger partial charge in [-0.15, -0.1) is 23.7 Å². The highest BCUT2D eigenvalue weighted by molar-refractivity contribution is 9.10. The SMILES string of the molecule is COc1ccc(Br)c([C@H](N)c2cccs2)c1O.Cl. The molecule has 0 aliphatic rings. The number of rotatable bonds is 3. The quantitative estimate of drug-likeness (QED) is 0.887. The number of thiophene rings is 1. The lowest BCUT2D eigenvalue weighted by Gasteiger charge is -2.16. The molecule has 0 saturated heterocycles. The van der Waals surface area contributed by atoms with Crippen LogP contribution >= 0.6 is 39.7 Å². The Morgan fingerprint density at radius 2 is 2.11 bits per heavy atom. The van der Waals surface area contributed by atoms with Crippen molar-refractivity contribution in [1.29, 1.82) is 0 Å². The summed E-state index contributed by atoms with van der Waals surface area (Å²) in [5, 5.41) is 12.1. The van der Waals surface area contributed by atoms with Crippen molar-refractivity contribution in [1.82, 2.24) is 0 Å². The third kappa shape index (κ3) is 2.80. The highest BCUT2D eigenvalue weighted by Crippen LogP contribution is 2.40. The molecule has 98 valence electrons. The molecule has 0 spiro atoms. The summed E-state index contributed by atoms with van der Waals surface area (Å²) in [6.45, 7) is 0. The predicted molar refractivity (Wildman–Crippen MR) is 80.0 cm³/mol. The van der Waals surface area contributed by atoms with Gasteiger partial charge in [-0.3, -0.25) is 0 Å². The number of phenols is 1. The number of halogens is 2. The third-order valence-electron chi connectivity index (χ3n) is 2.51. The van der Waals surface area contributed by atoms with Crippen LogP contribution in [-0.4, -0.2) is 12.2 Å². The van der Waals surface area contributed by atoms with E-state index in [0.717, 1.165) is 9.35 Å². The molecule has 18 heavy (non-hydrogen) atoms. The average Bonchev–Trinajstić information content (AvgIpc) is 2.82. The first-order chi connectivity index (χ1) is 8.15. The Morgan fingerprint density at radius 1 is 1.39 bits per heavy atom. The average molecular weight is 351 g/mol. The number of nitrogens with two attached hydrogens (primary N) is 1. The number of hydrogen-bond donors (Lipinski definition) is 2. The van der Waals surface area contributed by atoms with Crippen LogP contribution in [0.2, 0.25) is 0 Å². The lowest BCUT2D eigenvalue weighted by Crippen LogP contribution is -2.11. The third-order valence-corrected chi connectivity index (χ3v) is 4.15. The van der Waals surface area contributed by atoms with Crippen LogP contribution in [0.3, 0.4) is 0 Å². The zero-order valence-corrected chi connectivity index (χ0v) is 12.8. The summed E-state index contributed by atoms with van der Waals surface area (Å²) < 4.78 is 5.86. The molecule has 6 heteroatoms. The van der Waals surface area contributed by atoms with Gasteiger partial charge in [0.05, 0.1) is 13.2 Å². The second-order valence-corrected chi connectivity index (χ2v) is 5.34. The smallest absolute Gasteiger partial charge is 0.164 e. The van der Waals surface area contributed by atoms with E-state index in [4.69, 9.17) is 10.5 Å². The van der Waals surface area contributed by atoms with Crippen molar-refractivity contribution in [2.75, 3.05) is 7.11 Å². The number of phenolic OH excluding ortho intramolecular Hbond substituents is 1. The Labute approximate surface area is 124 Å². The number of aromatic hydroxyl groups is 1. The van der Waals surface area contributed by atoms with Gasteiger partial charge in [0.15, 0.2) is 11.5 Å². The van der Waals surface area contributed by atoms with Crippen LogP contribution in [0, 0.1) is 0 Å². The first-order valence-electron chi connectivity index (χ1n) is 4.99. The van der Waals surface area contributed by atoms with Crippen LogP contribution in [0.25, 0.3) is 0 Å². The zero-order valence-electron chi connectivity index (χ0n) is 9.59. The van der Waals surface area contributed by atoms with Crippen LogP contribution in [0.5, 0.6) is 11.5 Å². The maximum absolute atomic E-state index is 10.1. The second kappa shape index (κ2) is 6.43. The van der Waals surface area contributed by atoms with Crippen LogP contribution in [0.15, 0.2) is 34.1 Å². The van der Waals surface area contributed by atoms with E-state index in [-0.39, 0.29) is 24.2 Å². The monoisotopic (exact) mass is 349 g/mol. The molecule has 0 aliphatic carbocycles. The minimum Gasteiger partial charge on any atom is -0.504 e. The Hall–Kier alpha value is -0.750. The van der Waals surface area contributed by atoms with E-state index in [1.54, 1.807) is 17.4 Å². The van der Waals surface area contributed by atoms with Crippen LogP contribution < -0.4 is 10.5 Å². The van der Waals surface area contributed by atoms with Gasteiger partial charge in [0.2, 0.25) is 0 Å². The maximum atomic E-state index is 10.1. The molecule has 1 aromatic carbocycles. The standard InChI is InChI=1S/C12H12BrNO2S.ClH/c1-16-8-5-4-7(13)10(12(8)15)11(14)9-3-2-6-17-9;/h2-6,11,15H,14H2,1H3;1H/t11-;/m1./s1. The molecular weight excluding hydrogens is 338 g/mol. The first-order valence-corrected chi connectivity index (χ1v) is 6.66. The van der Waals surface area contributed by atoms with Gasteiger partial charge in [-0.2, -0.15) is 0 Å². The fourth-order valence-electron chi connectivity index (χ4n) is 1.63. The van der Waals surface area contributed by atoms with Crippen LogP contribution in [-0.2, 0) is 0 Å². The van der Waals surface area contributed by atoms with Gasteiger partial charge in [-0.05, 0) is 23.6 Å². The number of ether oxygens (including phenoxy) is 1. The molecule has 0 radical (unpaired) electrons. The predicted octanol–water partition coefficient (Wildman–Crippen LogP) is 3.69. The van der Waals surface area contributed by atoms with Crippen molar-refractivity contribution in [2.45, 2.75) is 6.04 Å². The minimum atomic E-state index is -0.362. The van der Waals surface area contributed by atoms with Crippen molar-refractivity contribution in [3.8, 4) is 11.5 Å². The lowest BCUT2D eigenvalue weighted by atomic mass is 10.0. The summed E-state index contributed by atoms with van der Waals surface area (Å²) in [5.41, 5.74) is 6.80. The molecule has 0 unspecified atom stereocenters. The maximum Gasteiger partial charge on any atom is 0.164 e. The Bertz CT molecular complexity index is 519. The highest BCUT2D eigenvalue weighted by Gasteiger charge is 2.20. The summed E-state index contributed by atoms with van der Waals surface area (Å²) >= 11 is 4.96. The molecule has 0 amide bonds. The van der Waals surface area contributed by atoms with E-state index in [0.29, 0.717) is 11.3 Å².